The van der Waals surface area contributed by atoms with Crippen molar-refractivity contribution in [1.82, 2.24) is 0 Å². The van der Waals surface area contributed by atoms with Gasteiger partial charge in [0.05, 0.1) is 0 Å². The van der Waals surface area contributed by atoms with E-state index in [2.05, 4.69) is 11.4 Å². The van der Waals surface area contributed by atoms with Crippen molar-refractivity contribution < 1.29 is 0 Å². The van der Waals surface area contributed by atoms with Crippen molar-refractivity contribution in [3.05, 3.63) is 64.1 Å². The molecule has 88 valence electrons. The fraction of sp³-hybridized carbons (Fsp3) is 0.143. The van der Waals surface area contributed by atoms with Gasteiger partial charge in [-0.3, -0.25) is 0 Å². The molecule has 2 aromatic rings. The summed E-state index contributed by atoms with van der Waals surface area (Å²) in [4.78, 5) is 0. The molecule has 0 saturated carbocycles. The molecular formula is C14H13Cl2N. The minimum absolute atomic E-state index is 0.755. The van der Waals surface area contributed by atoms with E-state index >= 15 is 0 Å². The van der Waals surface area contributed by atoms with Crippen LogP contribution in [0.3, 0.4) is 0 Å². The lowest BCUT2D eigenvalue weighted by atomic mass is 10.1. The zero-order chi connectivity index (χ0) is 12.1. The van der Waals surface area contributed by atoms with Gasteiger partial charge in [-0.05, 0) is 48.4 Å². The minimum Gasteiger partial charge on any atom is -0.385 e. The average Bonchev–Trinajstić information content (AvgIpc) is 2.32. The molecule has 0 saturated heterocycles. The third-order valence-corrected chi connectivity index (χ3v) is 2.96. The molecule has 0 aliphatic rings. The van der Waals surface area contributed by atoms with E-state index in [0.717, 1.165) is 28.7 Å². The number of hydrogen-bond donors (Lipinski definition) is 1. The summed E-state index contributed by atoms with van der Waals surface area (Å²) in [6.45, 7) is 0.877. The highest BCUT2D eigenvalue weighted by molar-refractivity contribution is 6.30. The van der Waals surface area contributed by atoms with E-state index in [4.69, 9.17) is 23.2 Å². The fourth-order valence-electron chi connectivity index (χ4n) is 1.61. The van der Waals surface area contributed by atoms with Crippen LogP contribution in [0.25, 0.3) is 0 Å². The van der Waals surface area contributed by atoms with Crippen molar-refractivity contribution >= 4 is 28.9 Å². The second-order valence-electron chi connectivity index (χ2n) is 3.81. The number of benzene rings is 2. The van der Waals surface area contributed by atoms with E-state index in [1.54, 1.807) is 0 Å². The molecule has 1 N–H and O–H groups in total. The first kappa shape index (κ1) is 12.3. The highest BCUT2D eigenvalue weighted by atomic mass is 35.5. The van der Waals surface area contributed by atoms with E-state index in [0.29, 0.717) is 0 Å². The zero-order valence-corrected chi connectivity index (χ0v) is 10.8. The Morgan fingerprint density at radius 1 is 0.882 bits per heavy atom. The van der Waals surface area contributed by atoms with Crippen molar-refractivity contribution in [2.24, 2.45) is 0 Å². The van der Waals surface area contributed by atoms with Gasteiger partial charge in [0.25, 0.3) is 0 Å². The lowest BCUT2D eigenvalue weighted by Gasteiger charge is -2.06. The second kappa shape index (κ2) is 5.95. The zero-order valence-electron chi connectivity index (χ0n) is 9.29. The van der Waals surface area contributed by atoms with Gasteiger partial charge in [0.1, 0.15) is 0 Å². The summed E-state index contributed by atoms with van der Waals surface area (Å²) in [6.07, 6.45) is 0.948. The predicted molar refractivity (Wildman–Crippen MR) is 75.1 cm³/mol. The van der Waals surface area contributed by atoms with E-state index in [1.807, 2.05) is 42.5 Å². The van der Waals surface area contributed by atoms with Crippen LogP contribution >= 0.6 is 23.2 Å². The highest BCUT2D eigenvalue weighted by Crippen LogP contribution is 2.14. The molecule has 3 heteroatoms. The molecule has 0 amide bonds. The maximum atomic E-state index is 5.92. The van der Waals surface area contributed by atoms with Crippen LogP contribution in [0.1, 0.15) is 5.56 Å². The van der Waals surface area contributed by atoms with Crippen LogP contribution in [0.5, 0.6) is 0 Å². The first-order chi connectivity index (χ1) is 8.24. The molecule has 17 heavy (non-hydrogen) atoms. The molecule has 2 rings (SSSR count). The van der Waals surface area contributed by atoms with Gasteiger partial charge >= 0.3 is 0 Å². The van der Waals surface area contributed by atoms with Gasteiger partial charge in [-0.25, -0.2) is 0 Å². The largest absolute Gasteiger partial charge is 0.385 e. The number of rotatable bonds is 4. The Hall–Kier alpha value is -1.18. The van der Waals surface area contributed by atoms with E-state index in [1.165, 1.54) is 5.56 Å². The Morgan fingerprint density at radius 2 is 1.65 bits per heavy atom. The number of halogens is 2. The summed E-state index contributed by atoms with van der Waals surface area (Å²) in [5.41, 5.74) is 2.32. The molecule has 0 heterocycles. The summed E-state index contributed by atoms with van der Waals surface area (Å²) in [7, 11) is 0. The van der Waals surface area contributed by atoms with E-state index < -0.39 is 0 Å². The standard InChI is InChI=1S/C14H13Cl2N/c15-12-4-6-14(7-5-12)17-9-8-11-2-1-3-13(16)10-11/h1-7,10,17H,8-9H2. The third-order valence-electron chi connectivity index (χ3n) is 2.48. The Kier molecular flexibility index (Phi) is 4.29. The molecule has 0 unspecified atom stereocenters. The van der Waals surface area contributed by atoms with Crippen LogP contribution in [0, 0.1) is 0 Å². The summed E-state index contributed by atoms with van der Waals surface area (Å²) in [5, 5.41) is 4.88. The van der Waals surface area contributed by atoms with Gasteiger partial charge in [-0.2, -0.15) is 0 Å². The molecule has 0 radical (unpaired) electrons. The first-order valence-electron chi connectivity index (χ1n) is 5.48. The monoisotopic (exact) mass is 265 g/mol. The molecule has 0 atom stereocenters. The maximum absolute atomic E-state index is 5.92. The topological polar surface area (TPSA) is 12.0 Å². The Morgan fingerprint density at radius 3 is 2.35 bits per heavy atom. The molecule has 2 aromatic carbocycles. The van der Waals surface area contributed by atoms with E-state index in [-0.39, 0.29) is 0 Å². The van der Waals surface area contributed by atoms with Crippen LogP contribution < -0.4 is 5.32 Å². The quantitative estimate of drug-likeness (QED) is 0.849. The minimum atomic E-state index is 0.755. The van der Waals surface area contributed by atoms with Crippen LogP contribution in [0.15, 0.2) is 48.5 Å². The van der Waals surface area contributed by atoms with Crippen molar-refractivity contribution in [2.45, 2.75) is 6.42 Å². The van der Waals surface area contributed by atoms with Gasteiger partial charge in [-0.15, -0.1) is 0 Å². The van der Waals surface area contributed by atoms with E-state index in [9.17, 15) is 0 Å². The van der Waals surface area contributed by atoms with Crippen molar-refractivity contribution in [3.8, 4) is 0 Å². The van der Waals surface area contributed by atoms with Gasteiger partial charge < -0.3 is 5.32 Å². The summed E-state index contributed by atoms with van der Waals surface area (Å²) < 4.78 is 0. The van der Waals surface area contributed by atoms with Crippen LogP contribution in [0.4, 0.5) is 5.69 Å². The van der Waals surface area contributed by atoms with Gasteiger partial charge in [0, 0.05) is 22.3 Å². The third kappa shape index (κ3) is 3.95. The van der Waals surface area contributed by atoms with Crippen molar-refractivity contribution in [1.29, 1.82) is 0 Å². The molecule has 1 nitrogen and oxygen atoms in total. The van der Waals surface area contributed by atoms with Crippen LogP contribution in [0.2, 0.25) is 10.0 Å². The summed E-state index contributed by atoms with van der Waals surface area (Å²) >= 11 is 11.7. The lowest BCUT2D eigenvalue weighted by Crippen LogP contribution is -2.04. The lowest BCUT2D eigenvalue weighted by molar-refractivity contribution is 1.02. The Balaban J connectivity index is 1.85. The smallest absolute Gasteiger partial charge is 0.0408 e. The number of anilines is 1. The number of hydrogen-bond acceptors (Lipinski definition) is 1. The first-order valence-corrected chi connectivity index (χ1v) is 6.23. The van der Waals surface area contributed by atoms with Crippen LogP contribution in [-0.4, -0.2) is 6.54 Å². The van der Waals surface area contributed by atoms with Crippen molar-refractivity contribution in [2.75, 3.05) is 11.9 Å². The summed E-state index contributed by atoms with van der Waals surface area (Å²) in [5.74, 6) is 0. The Bertz CT molecular complexity index is 480. The average molecular weight is 266 g/mol. The molecule has 0 bridgehead atoms. The van der Waals surface area contributed by atoms with Crippen molar-refractivity contribution in [3.63, 3.8) is 0 Å². The normalized spacial score (nSPS) is 10.2. The molecule has 0 aliphatic heterocycles. The SMILES string of the molecule is Clc1ccc(NCCc2cccc(Cl)c2)cc1. The molecular weight excluding hydrogens is 253 g/mol. The molecule has 0 aromatic heterocycles. The van der Waals surface area contributed by atoms with Gasteiger partial charge in [-0.1, -0.05) is 35.3 Å². The highest BCUT2D eigenvalue weighted by Gasteiger charge is 1.95. The summed E-state index contributed by atoms with van der Waals surface area (Å²) in [6, 6.07) is 15.6. The molecule has 0 fully saturated rings. The predicted octanol–water partition coefficient (Wildman–Crippen LogP) is 4.65. The van der Waals surface area contributed by atoms with Crippen LogP contribution in [-0.2, 0) is 6.42 Å². The molecule has 0 aliphatic carbocycles. The van der Waals surface area contributed by atoms with Gasteiger partial charge in [0.15, 0.2) is 0 Å². The maximum Gasteiger partial charge on any atom is 0.0408 e. The van der Waals surface area contributed by atoms with Gasteiger partial charge in [0.2, 0.25) is 0 Å². The second-order valence-corrected chi connectivity index (χ2v) is 4.69. The Labute approximate surface area is 111 Å². The fourth-order valence-corrected chi connectivity index (χ4v) is 1.95. The molecule has 0 spiro atoms. The number of nitrogens with one attached hydrogen (secondary N) is 1.